The molecule has 0 radical (unpaired) electrons. The molecular formula is C15H13FO4. The van der Waals surface area contributed by atoms with E-state index >= 15 is 0 Å². The Balaban J connectivity index is 0.000000956. The van der Waals surface area contributed by atoms with Gasteiger partial charge in [0.1, 0.15) is 0 Å². The maximum absolute atomic E-state index is 11.5. The van der Waals surface area contributed by atoms with Crippen molar-refractivity contribution >= 4 is 11.9 Å². The molecule has 0 saturated heterocycles. The minimum absolute atomic E-state index is 0.318. The Morgan fingerprint density at radius 2 is 1.00 bits per heavy atom. The van der Waals surface area contributed by atoms with Crippen molar-refractivity contribution in [1.29, 1.82) is 0 Å². The molecule has 0 aliphatic carbocycles. The maximum Gasteiger partial charge on any atom is 0.386 e. The van der Waals surface area contributed by atoms with Gasteiger partial charge in [-0.1, -0.05) is 36.4 Å². The van der Waals surface area contributed by atoms with Crippen LogP contribution >= 0.6 is 0 Å². The zero-order valence-corrected chi connectivity index (χ0v) is 10.8. The molecular weight excluding hydrogens is 263 g/mol. The molecule has 0 saturated carbocycles. The molecule has 4 nitrogen and oxygen atoms in total. The van der Waals surface area contributed by atoms with E-state index in [1.807, 2.05) is 0 Å². The van der Waals surface area contributed by atoms with Crippen LogP contribution in [0.15, 0.2) is 60.7 Å². The lowest BCUT2D eigenvalue weighted by Gasteiger charge is -2.02. The number of carbonyl (C=O) groups is 2. The van der Waals surface area contributed by atoms with Gasteiger partial charge in [-0.3, -0.25) is 4.39 Å². The first-order valence-corrected chi connectivity index (χ1v) is 5.68. The van der Waals surface area contributed by atoms with E-state index < -0.39 is 11.9 Å². The van der Waals surface area contributed by atoms with Crippen LogP contribution in [0.1, 0.15) is 20.7 Å². The van der Waals surface area contributed by atoms with Crippen molar-refractivity contribution in [2.45, 2.75) is 0 Å². The Hall–Kier alpha value is -2.69. The highest BCUT2D eigenvalue weighted by molar-refractivity contribution is 5.92. The van der Waals surface area contributed by atoms with Gasteiger partial charge in [0.15, 0.2) is 0 Å². The van der Waals surface area contributed by atoms with Crippen molar-refractivity contribution in [3.05, 3.63) is 71.8 Å². The lowest BCUT2D eigenvalue weighted by atomic mass is 10.2. The molecule has 2 rings (SSSR count). The van der Waals surface area contributed by atoms with Crippen LogP contribution < -0.4 is 0 Å². The summed E-state index contributed by atoms with van der Waals surface area (Å²) in [5.74, 6) is -1.42. The Morgan fingerprint density at radius 1 is 0.700 bits per heavy atom. The van der Waals surface area contributed by atoms with Gasteiger partial charge in [-0.2, -0.15) is 0 Å². The topological polar surface area (TPSA) is 52.6 Å². The molecule has 0 heterocycles. The number of hydrogen-bond donors (Lipinski definition) is 0. The highest BCUT2D eigenvalue weighted by Crippen LogP contribution is 2.05. The van der Waals surface area contributed by atoms with Crippen LogP contribution in [0.2, 0.25) is 0 Å². The second-order valence-corrected chi connectivity index (χ2v) is 3.47. The average Bonchev–Trinajstić information content (AvgIpc) is 2.55. The Morgan fingerprint density at radius 3 is 1.30 bits per heavy atom. The molecule has 0 aliphatic heterocycles. The number of hydrogen-bond acceptors (Lipinski definition) is 4. The summed E-state index contributed by atoms with van der Waals surface area (Å²) in [5.41, 5.74) is 0.636. The number of rotatable bonds is 2. The highest BCUT2D eigenvalue weighted by atomic mass is 19.1. The highest BCUT2D eigenvalue weighted by Gasteiger charge is 2.12. The average molecular weight is 276 g/mol. The zero-order chi connectivity index (χ0) is 14.8. The van der Waals surface area contributed by atoms with Gasteiger partial charge in [0.2, 0.25) is 0 Å². The summed E-state index contributed by atoms with van der Waals surface area (Å²) in [4.78, 5) is 31.9. The lowest BCUT2D eigenvalue weighted by molar-refractivity contribution is -0.187. The third-order valence-corrected chi connectivity index (χ3v) is 2.21. The quantitative estimate of drug-likeness (QED) is 0.624. The summed E-state index contributed by atoms with van der Waals surface area (Å²) in [6.45, 7) is 0. The molecule has 0 N–H and O–H groups in total. The number of alkyl halides is 1. The van der Waals surface area contributed by atoms with Crippen LogP contribution in [0.3, 0.4) is 0 Å². The van der Waals surface area contributed by atoms with Crippen molar-refractivity contribution in [2.24, 2.45) is 0 Å². The number of halogens is 1. The third-order valence-electron chi connectivity index (χ3n) is 2.21. The largest absolute Gasteiger partial charge is 0.386 e. The van der Waals surface area contributed by atoms with E-state index in [1.165, 1.54) is 0 Å². The lowest BCUT2D eigenvalue weighted by Crippen LogP contribution is -2.11. The van der Waals surface area contributed by atoms with Crippen molar-refractivity contribution in [3.63, 3.8) is 0 Å². The van der Waals surface area contributed by atoms with Gasteiger partial charge in [-0.25, -0.2) is 19.4 Å². The van der Waals surface area contributed by atoms with Gasteiger partial charge in [0.25, 0.3) is 0 Å². The fraction of sp³-hybridized carbons (Fsp3) is 0.0667. The van der Waals surface area contributed by atoms with Gasteiger partial charge in [-0.05, 0) is 24.3 Å². The molecule has 0 aliphatic rings. The molecule has 0 amide bonds. The Labute approximate surface area is 115 Å². The Kier molecular flexibility index (Phi) is 6.47. The van der Waals surface area contributed by atoms with Crippen LogP contribution in [0.25, 0.3) is 0 Å². The third kappa shape index (κ3) is 4.53. The van der Waals surface area contributed by atoms with Crippen molar-refractivity contribution in [2.75, 3.05) is 7.18 Å². The van der Waals surface area contributed by atoms with E-state index in [1.54, 1.807) is 60.7 Å². The molecule has 104 valence electrons. The summed E-state index contributed by atoms with van der Waals surface area (Å²) in [6, 6.07) is 16.6. The monoisotopic (exact) mass is 276 g/mol. The molecule has 0 unspecified atom stereocenters. The fourth-order valence-corrected chi connectivity index (χ4v) is 1.32. The first-order chi connectivity index (χ1) is 9.77. The minimum Gasteiger partial charge on any atom is -0.255 e. The standard InChI is InChI=1S/C14H10O4.CH3F/c15-13(11-7-3-1-4-8-11)17-18-14(16)12-9-5-2-6-10-12;1-2/h1-10H;1H3. The molecule has 0 bridgehead atoms. The van der Waals surface area contributed by atoms with E-state index in [4.69, 9.17) is 0 Å². The minimum atomic E-state index is -0.708. The molecule has 0 aromatic heterocycles. The molecule has 0 spiro atoms. The summed E-state index contributed by atoms with van der Waals surface area (Å²) >= 11 is 0. The van der Waals surface area contributed by atoms with E-state index in [2.05, 4.69) is 9.78 Å². The number of carbonyl (C=O) groups excluding carboxylic acids is 2. The predicted octanol–water partition coefficient (Wildman–Crippen LogP) is 3.20. The molecule has 2 aromatic rings. The SMILES string of the molecule is CF.O=C(OOC(=O)c1ccccc1)c1ccccc1. The van der Waals surface area contributed by atoms with E-state index in [-0.39, 0.29) is 0 Å². The molecule has 20 heavy (non-hydrogen) atoms. The van der Waals surface area contributed by atoms with Gasteiger partial charge >= 0.3 is 11.9 Å². The summed E-state index contributed by atoms with van der Waals surface area (Å²) in [6.07, 6.45) is 0. The Bertz CT molecular complexity index is 489. The molecule has 2 aromatic carbocycles. The molecule has 0 fully saturated rings. The molecule has 0 atom stereocenters. The van der Waals surface area contributed by atoms with Crippen LogP contribution in [0.5, 0.6) is 0 Å². The van der Waals surface area contributed by atoms with Gasteiger partial charge in [0, 0.05) is 0 Å². The summed E-state index contributed by atoms with van der Waals surface area (Å²) < 4.78 is 9.50. The van der Waals surface area contributed by atoms with Crippen molar-refractivity contribution in [1.82, 2.24) is 0 Å². The summed E-state index contributed by atoms with van der Waals surface area (Å²) in [7, 11) is 0.500. The summed E-state index contributed by atoms with van der Waals surface area (Å²) in [5, 5.41) is 0. The second-order valence-electron chi connectivity index (χ2n) is 3.47. The van der Waals surface area contributed by atoms with E-state index in [0.717, 1.165) is 0 Å². The first-order valence-electron chi connectivity index (χ1n) is 5.68. The number of benzene rings is 2. The normalized spacial score (nSPS) is 8.90. The van der Waals surface area contributed by atoms with Crippen LogP contribution in [-0.4, -0.2) is 19.1 Å². The van der Waals surface area contributed by atoms with E-state index in [9.17, 15) is 14.0 Å². The van der Waals surface area contributed by atoms with Gasteiger partial charge in [-0.15, -0.1) is 0 Å². The smallest absolute Gasteiger partial charge is 0.255 e. The molecule has 5 heteroatoms. The van der Waals surface area contributed by atoms with Gasteiger partial charge in [0.05, 0.1) is 18.3 Å². The zero-order valence-electron chi connectivity index (χ0n) is 10.8. The maximum atomic E-state index is 11.5. The van der Waals surface area contributed by atoms with Gasteiger partial charge < -0.3 is 0 Å². The van der Waals surface area contributed by atoms with Crippen molar-refractivity contribution < 1.29 is 23.8 Å². The van der Waals surface area contributed by atoms with Crippen LogP contribution in [-0.2, 0) is 9.78 Å². The van der Waals surface area contributed by atoms with Crippen molar-refractivity contribution in [3.8, 4) is 0 Å². The second kappa shape index (κ2) is 8.42. The van der Waals surface area contributed by atoms with E-state index in [0.29, 0.717) is 18.3 Å². The predicted molar refractivity (Wildman–Crippen MR) is 70.7 cm³/mol. The first kappa shape index (κ1) is 15.4. The van der Waals surface area contributed by atoms with Crippen LogP contribution in [0, 0.1) is 0 Å². The fourth-order valence-electron chi connectivity index (χ4n) is 1.32. The van der Waals surface area contributed by atoms with Crippen LogP contribution in [0.4, 0.5) is 4.39 Å².